The van der Waals surface area contributed by atoms with Crippen molar-refractivity contribution in [2.24, 2.45) is 4.99 Å². The van der Waals surface area contributed by atoms with E-state index in [1.807, 2.05) is 0 Å². The lowest BCUT2D eigenvalue weighted by molar-refractivity contribution is 0.163. The van der Waals surface area contributed by atoms with E-state index in [9.17, 15) is 0 Å². The highest BCUT2D eigenvalue weighted by molar-refractivity contribution is 5.80. The number of ether oxygens (including phenoxy) is 1. The molecule has 152 valence electrons. The van der Waals surface area contributed by atoms with Crippen molar-refractivity contribution in [3.63, 3.8) is 0 Å². The summed E-state index contributed by atoms with van der Waals surface area (Å²) in [6, 6.07) is 9.09. The van der Waals surface area contributed by atoms with E-state index in [-0.39, 0.29) is 6.04 Å². The summed E-state index contributed by atoms with van der Waals surface area (Å²) in [7, 11) is 3.83. The van der Waals surface area contributed by atoms with E-state index in [0.29, 0.717) is 0 Å². The van der Waals surface area contributed by atoms with Crippen molar-refractivity contribution < 1.29 is 4.74 Å². The second kappa shape index (κ2) is 11.8. The standard InChI is InChI=1S/C21H37N5O/c1-5-22-21(23-11-14-25(3)15-16-27-4)24-18(2)19-9-8-10-20(17-19)26-12-6-7-13-26/h8-10,17-18H,5-7,11-16H2,1-4H3,(H2,22,23,24). The fourth-order valence-corrected chi connectivity index (χ4v) is 3.27. The largest absolute Gasteiger partial charge is 0.383 e. The van der Waals surface area contributed by atoms with Gasteiger partial charge in [0.1, 0.15) is 0 Å². The molecule has 0 aromatic heterocycles. The molecule has 1 fully saturated rings. The van der Waals surface area contributed by atoms with Gasteiger partial charge in [-0.1, -0.05) is 12.1 Å². The van der Waals surface area contributed by atoms with Crippen molar-refractivity contribution >= 4 is 11.6 Å². The molecule has 1 atom stereocenters. The Morgan fingerprint density at radius 1 is 1.30 bits per heavy atom. The van der Waals surface area contributed by atoms with E-state index in [1.54, 1.807) is 7.11 Å². The molecule has 0 amide bonds. The summed E-state index contributed by atoms with van der Waals surface area (Å²) < 4.78 is 5.12. The number of likely N-dealkylation sites (N-methyl/N-ethyl adjacent to an activating group) is 1. The van der Waals surface area contributed by atoms with Crippen LogP contribution in [0.1, 0.15) is 38.3 Å². The van der Waals surface area contributed by atoms with Gasteiger partial charge in [0.15, 0.2) is 5.96 Å². The van der Waals surface area contributed by atoms with E-state index >= 15 is 0 Å². The van der Waals surface area contributed by atoms with E-state index in [1.165, 1.54) is 37.2 Å². The molecule has 2 rings (SSSR count). The lowest BCUT2D eigenvalue weighted by Gasteiger charge is -2.22. The Morgan fingerprint density at radius 2 is 2.07 bits per heavy atom. The number of hydrogen-bond acceptors (Lipinski definition) is 4. The Labute approximate surface area is 165 Å². The lowest BCUT2D eigenvalue weighted by atomic mass is 10.1. The van der Waals surface area contributed by atoms with Crippen LogP contribution in [0.4, 0.5) is 5.69 Å². The minimum Gasteiger partial charge on any atom is -0.383 e. The van der Waals surface area contributed by atoms with Crippen LogP contribution in [0.25, 0.3) is 0 Å². The van der Waals surface area contributed by atoms with Crippen LogP contribution in [-0.4, -0.2) is 70.9 Å². The van der Waals surface area contributed by atoms with Gasteiger partial charge in [-0.25, -0.2) is 0 Å². The van der Waals surface area contributed by atoms with E-state index in [4.69, 9.17) is 9.73 Å². The van der Waals surface area contributed by atoms with Gasteiger partial charge in [0.25, 0.3) is 0 Å². The average Bonchev–Trinajstić information content (AvgIpc) is 3.21. The van der Waals surface area contributed by atoms with Crippen molar-refractivity contribution in [1.82, 2.24) is 15.5 Å². The first-order valence-corrected chi connectivity index (χ1v) is 10.2. The highest BCUT2D eigenvalue weighted by atomic mass is 16.5. The number of nitrogens with zero attached hydrogens (tertiary/aromatic N) is 3. The molecular weight excluding hydrogens is 338 g/mol. The van der Waals surface area contributed by atoms with Gasteiger partial charge in [-0.2, -0.15) is 0 Å². The number of aliphatic imine (C=N–C) groups is 1. The predicted molar refractivity (Wildman–Crippen MR) is 115 cm³/mol. The van der Waals surface area contributed by atoms with E-state index < -0.39 is 0 Å². The third-order valence-corrected chi connectivity index (χ3v) is 4.97. The fourth-order valence-electron chi connectivity index (χ4n) is 3.27. The molecule has 0 bridgehead atoms. The van der Waals surface area contributed by atoms with Crippen LogP contribution in [0.5, 0.6) is 0 Å². The third-order valence-electron chi connectivity index (χ3n) is 4.97. The first-order chi connectivity index (χ1) is 13.1. The molecule has 1 unspecified atom stereocenters. The molecule has 1 aliphatic heterocycles. The number of nitrogens with one attached hydrogen (secondary N) is 2. The van der Waals surface area contributed by atoms with E-state index in [2.05, 4.69) is 65.6 Å². The number of hydrogen-bond donors (Lipinski definition) is 2. The molecule has 1 aromatic rings. The van der Waals surface area contributed by atoms with Crippen LogP contribution in [0, 0.1) is 0 Å². The highest BCUT2D eigenvalue weighted by Crippen LogP contribution is 2.23. The van der Waals surface area contributed by atoms with Gasteiger partial charge in [-0.15, -0.1) is 0 Å². The monoisotopic (exact) mass is 375 g/mol. The zero-order valence-electron chi connectivity index (χ0n) is 17.5. The zero-order chi connectivity index (χ0) is 19.5. The Morgan fingerprint density at radius 3 is 2.78 bits per heavy atom. The second-order valence-corrected chi connectivity index (χ2v) is 7.21. The quantitative estimate of drug-likeness (QED) is 0.486. The minimum absolute atomic E-state index is 0.205. The lowest BCUT2D eigenvalue weighted by Crippen LogP contribution is -2.39. The smallest absolute Gasteiger partial charge is 0.191 e. The maximum absolute atomic E-state index is 5.12. The maximum atomic E-state index is 5.12. The first-order valence-electron chi connectivity index (χ1n) is 10.2. The van der Waals surface area contributed by atoms with Crippen LogP contribution in [0.3, 0.4) is 0 Å². The highest BCUT2D eigenvalue weighted by Gasteiger charge is 2.14. The summed E-state index contributed by atoms with van der Waals surface area (Å²) in [4.78, 5) is 9.44. The summed E-state index contributed by atoms with van der Waals surface area (Å²) in [5.74, 6) is 0.872. The summed E-state index contributed by atoms with van der Waals surface area (Å²) in [5.41, 5.74) is 2.63. The maximum Gasteiger partial charge on any atom is 0.191 e. The molecule has 1 aromatic carbocycles. The fraction of sp³-hybridized carbons (Fsp3) is 0.667. The molecule has 1 aliphatic rings. The molecule has 6 heteroatoms. The van der Waals surface area contributed by atoms with Crippen molar-refractivity contribution in [3.8, 4) is 0 Å². The average molecular weight is 376 g/mol. The SMILES string of the molecule is CCNC(=NCCN(C)CCOC)NC(C)c1cccc(N2CCCC2)c1. The Hall–Kier alpha value is -1.79. The normalized spacial score (nSPS) is 16.0. The van der Waals surface area contributed by atoms with Gasteiger partial charge in [-0.3, -0.25) is 4.99 Å². The van der Waals surface area contributed by atoms with Crippen LogP contribution < -0.4 is 15.5 Å². The summed E-state index contributed by atoms with van der Waals surface area (Å²) in [6.45, 7) is 10.8. The van der Waals surface area contributed by atoms with Gasteiger partial charge in [-0.05, 0) is 51.4 Å². The van der Waals surface area contributed by atoms with Crippen molar-refractivity contribution in [3.05, 3.63) is 29.8 Å². The molecular formula is C21H37N5O. The Kier molecular flexibility index (Phi) is 9.42. The Balaban J connectivity index is 1.92. The number of rotatable bonds is 10. The van der Waals surface area contributed by atoms with Crippen molar-refractivity contribution in [2.45, 2.75) is 32.7 Å². The Bertz CT molecular complexity index is 571. The number of methoxy groups -OCH3 is 1. The molecule has 0 saturated carbocycles. The minimum atomic E-state index is 0.205. The topological polar surface area (TPSA) is 52.1 Å². The van der Waals surface area contributed by atoms with Gasteiger partial charge in [0.05, 0.1) is 19.2 Å². The second-order valence-electron chi connectivity index (χ2n) is 7.21. The van der Waals surface area contributed by atoms with Crippen LogP contribution >= 0.6 is 0 Å². The summed E-state index contributed by atoms with van der Waals surface area (Å²) >= 11 is 0. The van der Waals surface area contributed by atoms with Gasteiger partial charge in [0, 0.05) is 45.5 Å². The molecule has 27 heavy (non-hydrogen) atoms. The molecule has 6 nitrogen and oxygen atoms in total. The summed E-state index contributed by atoms with van der Waals surface area (Å²) in [6.07, 6.45) is 2.60. The van der Waals surface area contributed by atoms with Crippen molar-refractivity contribution in [2.75, 3.05) is 64.9 Å². The van der Waals surface area contributed by atoms with Crippen molar-refractivity contribution in [1.29, 1.82) is 0 Å². The third kappa shape index (κ3) is 7.39. The molecule has 0 radical (unpaired) electrons. The van der Waals surface area contributed by atoms with Gasteiger partial charge < -0.3 is 25.2 Å². The van der Waals surface area contributed by atoms with Crippen LogP contribution in [0.15, 0.2) is 29.3 Å². The van der Waals surface area contributed by atoms with Crippen LogP contribution in [-0.2, 0) is 4.74 Å². The van der Waals surface area contributed by atoms with Crippen LogP contribution in [0.2, 0.25) is 0 Å². The summed E-state index contributed by atoms with van der Waals surface area (Å²) in [5, 5.41) is 6.90. The number of guanidine groups is 1. The molecule has 1 saturated heterocycles. The molecule has 2 N–H and O–H groups in total. The molecule has 1 heterocycles. The molecule has 0 spiro atoms. The molecule has 0 aliphatic carbocycles. The first kappa shape index (κ1) is 21.5. The predicted octanol–water partition coefficient (Wildman–Crippen LogP) is 2.48. The van der Waals surface area contributed by atoms with E-state index in [0.717, 1.165) is 38.7 Å². The number of anilines is 1. The van der Waals surface area contributed by atoms with Gasteiger partial charge in [0.2, 0.25) is 0 Å². The zero-order valence-corrected chi connectivity index (χ0v) is 17.5. The van der Waals surface area contributed by atoms with Gasteiger partial charge >= 0.3 is 0 Å². The number of benzene rings is 1.